The Kier molecular flexibility index (Phi) is 5.97. The van der Waals surface area contributed by atoms with Gasteiger partial charge in [-0.1, -0.05) is 58.6 Å². The maximum Gasteiger partial charge on any atom is 0.316 e. The number of thioether (sulfide) groups is 1. The van der Waals surface area contributed by atoms with E-state index in [0.717, 1.165) is 16.9 Å². The highest BCUT2D eigenvalue weighted by molar-refractivity contribution is 8.01. The number of ether oxygens (including phenoxy) is 1. The smallest absolute Gasteiger partial charge is 0.316 e. The van der Waals surface area contributed by atoms with Crippen molar-refractivity contribution in [3.8, 4) is 11.3 Å². The van der Waals surface area contributed by atoms with Gasteiger partial charge in [-0.3, -0.25) is 14.9 Å². The number of anilines is 1. The molecule has 0 radical (unpaired) electrons. The fourth-order valence-electron chi connectivity index (χ4n) is 1.92. The van der Waals surface area contributed by atoms with E-state index < -0.39 is 5.91 Å². The molecule has 3 rings (SSSR count). The minimum Gasteiger partial charge on any atom is -0.465 e. The Hall–Kier alpha value is -2.72. The lowest BCUT2D eigenvalue weighted by Crippen LogP contribution is -2.11. The van der Waals surface area contributed by atoms with E-state index in [9.17, 15) is 9.59 Å². The number of rotatable bonds is 7. The summed E-state index contributed by atoms with van der Waals surface area (Å²) in [7, 11) is 0. The predicted molar refractivity (Wildman–Crippen MR) is 97.2 cm³/mol. The van der Waals surface area contributed by atoms with Gasteiger partial charge in [-0.25, -0.2) is 0 Å². The van der Waals surface area contributed by atoms with E-state index in [0.29, 0.717) is 21.8 Å². The molecule has 0 atom stereocenters. The molecule has 0 saturated heterocycles. The van der Waals surface area contributed by atoms with Crippen LogP contribution in [0.25, 0.3) is 11.3 Å². The first-order chi connectivity index (χ1) is 12.7. The molecule has 10 heteroatoms. The molecule has 0 aliphatic rings. The second-order valence-corrected chi connectivity index (χ2v) is 7.06. The number of esters is 1. The van der Waals surface area contributed by atoms with E-state index in [2.05, 4.69) is 20.7 Å². The lowest BCUT2D eigenvalue weighted by Gasteiger charge is -1.98. The van der Waals surface area contributed by atoms with Crippen molar-refractivity contribution in [1.29, 1.82) is 0 Å². The van der Waals surface area contributed by atoms with Crippen molar-refractivity contribution in [2.24, 2.45) is 0 Å². The van der Waals surface area contributed by atoms with Gasteiger partial charge >= 0.3 is 5.97 Å². The molecular weight excluding hydrogens is 376 g/mol. The third kappa shape index (κ3) is 4.67. The van der Waals surface area contributed by atoms with Crippen LogP contribution in [0.15, 0.2) is 45.3 Å². The largest absolute Gasteiger partial charge is 0.465 e. The average molecular weight is 390 g/mol. The standard InChI is InChI=1S/C16H14N4O4S2/c1-2-23-13(21)9-25-16-19-18-15(26-16)17-14(22)11-8-12(24-20-11)10-6-4-3-5-7-10/h3-8H,2,9H2,1H3,(H,17,18,22). The summed E-state index contributed by atoms with van der Waals surface area (Å²) in [4.78, 5) is 23.6. The van der Waals surface area contributed by atoms with Crippen molar-refractivity contribution in [2.45, 2.75) is 11.3 Å². The summed E-state index contributed by atoms with van der Waals surface area (Å²) < 4.78 is 10.6. The zero-order valence-electron chi connectivity index (χ0n) is 13.7. The Bertz CT molecular complexity index is 895. The van der Waals surface area contributed by atoms with Crippen molar-refractivity contribution >= 4 is 40.1 Å². The molecule has 1 amide bonds. The Morgan fingerprint density at radius 3 is 2.85 bits per heavy atom. The molecule has 0 saturated carbocycles. The lowest BCUT2D eigenvalue weighted by atomic mass is 10.1. The van der Waals surface area contributed by atoms with E-state index in [1.54, 1.807) is 13.0 Å². The highest BCUT2D eigenvalue weighted by Gasteiger charge is 2.16. The minimum atomic E-state index is -0.450. The molecule has 0 aliphatic heterocycles. The molecule has 0 fully saturated rings. The Balaban J connectivity index is 1.59. The number of aromatic nitrogens is 3. The topological polar surface area (TPSA) is 107 Å². The summed E-state index contributed by atoms with van der Waals surface area (Å²) in [5.41, 5.74) is 0.965. The maximum atomic E-state index is 12.2. The number of carbonyl (C=O) groups is 2. The number of nitrogens with zero attached hydrogens (tertiary/aromatic N) is 3. The summed E-state index contributed by atoms with van der Waals surface area (Å²) >= 11 is 2.36. The molecule has 0 unspecified atom stereocenters. The number of amides is 1. The quantitative estimate of drug-likeness (QED) is 0.372. The first kappa shape index (κ1) is 18.1. The van der Waals surface area contributed by atoms with Crippen molar-refractivity contribution in [3.05, 3.63) is 42.1 Å². The van der Waals surface area contributed by atoms with Gasteiger partial charge in [0, 0.05) is 11.6 Å². The Morgan fingerprint density at radius 2 is 2.08 bits per heavy atom. The fraction of sp³-hybridized carbons (Fsp3) is 0.188. The highest BCUT2D eigenvalue weighted by Crippen LogP contribution is 2.26. The van der Waals surface area contributed by atoms with Crippen LogP contribution < -0.4 is 5.32 Å². The second-order valence-electron chi connectivity index (χ2n) is 4.86. The van der Waals surface area contributed by atoms with Crippen molar-refractivity contribution in [3.63, 3.8) is 0 Å². The molecule has 3 aromatic rings. The van der Waals surface area contributed by atoms with Gasteiger partial charge in [0.15, 0.2) is 15.8 Å². The van der Waals surface area contributed by atoms with Crippen molar-refractivity contribution < 1.29 is 18.8 Å². The number of benzene rings is 1. The van der Waals surface area contributed by atoms with Crippen LogP contribution in [0.2, 0.25) is 0 Å². The third-order valence-corrected chi connectivity index (χ3v) is 4.99. The average Bonchev–Trinajstić information content (AvgIpc) is 3.31. The second kappa shape index (κ2) is 8.59. The SMILES string of the molecule is CCOC(=O)CSc1nnc(NC(=O)c2cc(-c3ccccc3)on2)s1. The maximum absolute atomic E-state index is 12.2. The van der Waals surface area contributed by atoms with Crippen molar-refractivity contribution in [2.75, 3.05) is 17.7 Å². The van der Waals surface area contributed by atoms with Crippen LogP contribution in [0.3, 0.4) is 0 Å². The molecule has 0 bridgehead atoms. The number of hydrogen-bond donors (Lipinski definition) is 1. The van der Waals surface area contributed by atoms with Gasteiger partial charge in [0.05, 0.1) is 12.4 Å². The van der Waals surface area contributed by atoms with Gasteiger partial charge in [-0.05, 0) is 6.92 Å². The number of nitrogens with one attached hydrogen (secondary N) is 1. The summed E-state index contributed by atoms with van der Waals surface area (Å²) in [6.45, 7) is 2.08. The third-order valence-electron chi connectivity index (χ3n) is 3.05. The van der Waals surface area contributed by atoms with Crippen LogP contribution >= 0.6 is 23.1 Å². The van der Waals surface area contributed by atoms with Crippen LogP contribution in [-0.4, -0.2) is 39.6 Å². The van der Waals surface area contributed by atoms with E-state index >= 15 is 0 Å². The lowest BCUT2D eigenvalue weighted by molar-refractivity contribution is -0.139. The first-order valence-electron chi connectivity index (χ1n) is 7.61. The van der Waals surface area contributed by atoms with Crippen LogP contribution in [0.5, 0.6) is 0 Å². The zero-order chi connectivity index (χ0) is 18.4. The van der Waals surface area contributed by atoms with E-state index in [-0.39, 0.29) is 17.4 Å². The molecule has 0 aliphatic carbocycles. The first-order valence-corrected chi connectivity index (χ1v) is 9.41. The molecule has 26 heavy (non-hydrogen) atoms. The normalized spacial score (nSPS) is 10.5. The highest BCUT2D eigenvalue weighted by atomic mass is 32.2. The van der Waals surface area contributed by atoms with Crippen LogP contribution in [0.1, 0.15) is 17.4 Å². The van der Waals surface area contributed by atoms with Crippen LogP contribution in [0.4, 0.5) is 5.13 Å². The van der Waals surface area contributed by atoms with Crippen LogP contribution in [-0.2, 0) is 9.53 Å². The molecule has 8 nitrogen and oxygen atoms in total. The van der Waals surface area contributed by atoms with Gasteiger partial charge in [-0.15, -0.1) is 10.2 Å². The Morgan fingerprint density at radius 1 is 1.27 bits per heavy atom. The van der Waals surface area contributed by atoms with Crippen LogP contribution in [0, 0.1) is 0 Å². The number of hydrogen-bond acceptors (Lipinski definition) is 9. The molecule has 2 heterocycles. The molecule has 134 valence electrons. The van der Waals surface area contributed by atoms with Gasteiger partial charge in [0.25, 0.3) is 5.91 Å². The van der Waals surface area contributed by atoms with Gasteiger partial charge in [0.2, 0.25) is 5.13 Å². The Labute approximate surface area is 156 Å². The zero-order valence-corrected chi connectivity index (χ0v) is 15.3. The molecule has 1 aromatic carbocycles. The monoisotopic (exact) mass is 390 g/mol. The summed E-state index contributed by atoms with van der Waals surface area (Å²) in [5, 5.41) is 14.5. The van der Waals surface area contributed by atoms with Gasteiger partial charge < -0.3 is 9.26 Å². The predicted octanol–water partition coefficient (Wildman–Crippen LogP) is 3.10. The molecule has 2 aromatic heterocycles. The van der Waals surface area contributed by atoms with E-state index in [1.165, 1.54) is 11.8 Å². The summed E-state index contributed by atoms with van der Waals surface area (Å²) in [6, 6.07) is 10.9. The molecule has 1 N–H and O–H groups in total. The van der Waals surface area contributed by atoms with E-state index in [1.807, 2.05) is 30.3 Å². The van der Waals surface area contributed by atoms with Crippen molar-refractivity contribution in [1.82, 2.24) is 15.4 Å². The summed E-state index contributed by atoms with van der Waals surface area (Å²) in [6.07, 6.45) is 0. The van der Waals surface area contributed by atoms with Gasteiger partial charge in [0.1, 0.15) is 0 Å². The molecular formula is C16H14N4O4S2. The summed E-state index contributed by atoms with van der Waals surface area (Å²) in [5.74, 6) is -0.137. The minimum absolute atomic E-state index is 0.139. The van der Waals surface area contributed by atoms with E-state index in [4.69, 9.17) is 9.26 Å². The number of carbonyl (C=O) groups excluding carboxylic acids is 2. The van der Waals surface area contributed by atoms with Gasteiger partial charge in [-0.2, -0.15) is 0 Å². The fourth-order valence-corrected chi connectivity index (χ4v) is 3.47. The molecule has 0 spiro atoms.